The first kappa shape index (κ1) is 14.4. The summed E-state index contributed by atoms with van der Waals surface area (Å²) < 4.78 is 25.4. The highest BCUT2D eigenvalue weighted by Crippen LogP contribution is 2.37. The summed E-state index contributed by atoms with van der Waals surface area (Å²) in [7, 11) is -3.54. The van der Waals surface area contributed by atoms with Crippen LogP contribution in [0, 0.1) is 23.2 Å². The van der Waals surface area contributed by atoms with Crippen LogP contribution in [0.3, 0.4) is 0 Å². The number of benzene rings is 1. The first-order chi connectivity index (χ1) is 8.96. The van der Waals surface area contributed by atoms with Gasteiger partial charge >= 0.3 is 0 Å². The van der Waals surface area contributed by atoms with Crippen molar-refractivity contribution in [2.45, 2.75) is 36.3 Å². The summed E-state index contributed by atoms with van der Waals surface area (Å²) in [5.41, 5.74) is 0. The van der Waals surface area contributed by atoms with E-state index in [1.165, 1.54) is 6.07 Å². The lowest BCUT2D eigenvalue weighted by atomic mass is 9.83. The summed E-state index contributed by atoms with van der Waals surface area (Å²) in [6.07, 6.45) is 2.09. The Morgan fingerprint density at radius 3 is 2.63 bits per heavy atom. The van der Waals surface area contributed by atoms with Gasteiger partial charge in [0.05, 0.1) is 27.2 Å². The number of sulfone groups is 1. The van der Waals surface area contributed by atoms with Crippen molar-refractivity contribution in [3.63, 3.8) is 0 Å². The van der Waals surface area contributed by atoms with Crippen LogP contribution in [0.4, 0.5) is 0 Å². The van der Waals surface area contributed by atoms with E-state index in [9.17, 15) is 13.7 Å². The summed E-state index contributed by atoms with van der Waals surface area (Å²) in [5.74, 6) is -0.107. The van der Waals surface area contributed by atoms with Gasteiger partial charge in [-0.15, -0.1) is 0 Å². The lowest BCUT2D eigenvalue weighted by Gasteiger charge is -2.30. The molecule has 0 aromatic heterocycles. The minimum atomic E-state index is -3.54. The maximum Gasteiger partial charge on any atom is 0.184 e. The maximum absolute atomic E-state index is 12.7. The summed E-state index contributed by atoms with van der Waals surface area (Å²) >= 11 is 5.99. The quantitative estimate of drug-likeness (QED) is 0.840. The third kappa shape index (κ3) is 2.77. The molecule has 1 aromatic rings. The van der Waals surface area contributed by atoms with Crippen molar-refractivity contribution in [1.82, 2.24) is 0 Å². The van der Waals surface area contributed by atoms with Crippen LogP contribution >= 0.6 is 11.6 Å². The van der Waals surface area contributed by atoms with Gasteiger partial charge in [-0.2, -0.15) is 5.26 Å². The van der Waals surface area contributed by atoms with Crippen molar-refractivity contribution in [3.05, 3.63) is 29.3 Å². The molecule has 0 amide bonds. The molecule has 0 aliphatic heterocycles. The van der Waals surface area contributed by atoms with Gasteiger partial charge in [0.2, 0.25) is 0 Å². The molecule has 2 rings (SSSR count). The van der Waals surface area contributed by atoms with Crippen LogP contribution in [0.5, 0.6) is 0 Å². The highest BCUT2D eigenvalue weighted by molar-refractivity contribution is 7.92. The van der Waals surface area contributed by atoms with Crippen LogP contribution in [0.15, 0.2) is 29.2 Å². The van der Waals surface area contributed by atoms with E-state index in [1.54, 1.807) is 18.2 Å². The smallest absolute Gasteiger partial charge is 0.184 e. The molecule has 3 unspecified atom stereocenters. The van der Waals surface area contributed by atoms with E-state index in [4.69, 9.17) is 11.6 Å². The Kier molecular flexibility index (Phi) is 4.17. The first-order valence-electron chi connectivity index (χ1n) is 6.35. The second-order valence-corrected chi connectivity index (χ2v) is 7.71. The number of hydrogen-bond acceptors (Lipinski definition) is 3. The summed E-state index contributed by atoms with van der Waals surface area (Å²) in [5, 5.41) is 8.78. The zero-order valence-corrected chi connectivity index (χ0v) is 12.3. The fourth-order valence-corrected chi connectivity index (χ4v) is 5.26. The third-order valence-corrected chi connectivity index (χ3v) is 6.49. The number of nitrogens with zero attached hydrogens (tertiary/aromatic N) is 1. The molecule has 0 bridgehead atoms. The van der Waals surface area contributed by atoms with E-state index >= 15 is 0 Å². The number of halogens is 1. The standard InChI is InChI=1S/C14H16ClNO2S/c1-10-6-7-11(9-16)14(8-10)19(17,18)13-5-3-2-4-12(13)15/h2-5,10-11,14H,6-8H2,1H3. The molecule has 0 saturated heterocycles. The molecule has 1 aromatic carbocycles. The Labute approximate surface area is 119 Å². The van der Waals surface area contributed by atoms with Gasteiger partial charge in [-0.05, 0) is 37.3 Å². The van der Waals surface area contributed by atoms with E-state index in [1.807, 2.05) is 6.92 Å². The van der Waals surface area contributed by atoms with Gasteiger partial charge in [-0.3, -0.25) is 0 Å². The first-order valence-corrected chi connectivity index (χ1v) is 8.27. The Hall–Kier alpha value is -1.05. The normalized spacial score (nSPS) is 27.7. The largest absolute Gasteiger partial charge is 0.223 e. The Bertz CT molecular complexity index is 606. The van der Waals surface area contributed by atoms with Crippen molar-refractivity contribution in [2.75, 3.05) is 0 Å². The van der Waals surface area contributed by atoms with Gasteiger partial charge in [0.15, 0.2) is 9.84 Å². The molecule has 0 heterocycles. The van der Waals surface area contributed by atoms with Crippen molar-refractivity contribution in [2.24, 2.45) is 11.8 Å². The van der Waals surface area contributed by atoms with Gasteiger partial charge < -0.3 is 0 Å². The lowest BCUT2D eigenvalue weighted by Crippen LogP contribution is -2.35. The van der Waals surface area contributed by atoms with Crippen LogP contribution in [0.1, 0.15) is 26.2 Å². The Balaban J connectivity index is 2.44. The summed E-state index contributed by atoms with van der Waals surface area (Å²) in [4.78, 5) is 0.149. The third-order valence-electron chi connectivity index (χ3n) is 3.76. The molecular formula is C14H16ClNO2S. The molecule has 1 fully saturated rings. The molecule has 0 radical (unpaired) electrons. The van der Waals surface area contributed by atoms with Gasteiger partial charge in [0.25, 0.3) is 0 Å². The second kappa shape index (κ2) is 5.52. The van der Waals surface area contributed by atoms with E-state index in [2.05, 4.69) is 6.07 Å². The number of nitriles is 1. The predicted molar refractivity (Wildman–Crippen MR) is 74.5 cm³/mol. The van der Waals surface area contributed by atoms with E-state index < -0.39 is 21.0 Å². The molecule has 3 atom stereocenters. The molecular weight excluding hydrogens is 282 g/mol. The minimum Gasteiger partial charge on any atom is -0.223 e. The SMILES string of the molecule is CC1CCC(C#N)C(S(=O)(=O)c2ccccc2Cl)C1. The second-order valence-electron chi connectivity index (χ2n) is 5.17. The number of rotatable bonds is 2. The van der Waals surface area contributed by atoms with Crippen LogP contribution in [-0.2, 0) is 9.84 Å². The fraction of sp³-hybridized carbons (Fsp3) is 0.500. The molecule has 1 aliphatic carbocycles. The molecule has 1 aliphatic rings. The van der Waals surface area contributed by atoms with E-state index in [-0.39, 0.29) is 9.92 Å². The fourth-order valence-electron chi connectivity index (χ4n) is 2.66. The zero-order valence-electron chi connectivity index (χ0n) is 10.7. The topological polar surface area (TPSA) is 57.9 Å². The van der Waals surface area contributed by atoms with Crippen LogP contribution in [0.25, 0.3) is 0 Å². The molecule has 0 N–H and O–H groups in total. The van der Waals surface area contributed by atoms with E-state index in [0.29, 0.717) is 18.8 Å². The highest BCUT2D eigenvalue weighted by atomic mass is 35.5. The number of hydrogen-bond donors (Lipinski definition) is 0. The van der Waals surface area contributed by atoms with E-state index in [0.717, 1.165) is 6.42 Å². The minimum absolute atomic E-state index is 0.149. The maximum atomic E-state index is 12.7. The highest BCUT2D eigenvalue weighted by Gasteiger charge is 2.39. The van der Waals surface area contributed by atoms with Crippen LogP contribution < -0.4 is 0 Å². The summed E-state index contributed by atoms with van der Waals surface area (Å²) in [6, 6.07) is 8.60. The zero-order chi connectivity index (χ0) is 14.0. The molecule has 102 valence electrons. The Morgan fingerprint density at radius 1 is 1.32 bits per heavy atom. The summed E-state index contributed by atoms with van der Waals surface area (Å²) in [6.45, 7) is 2.03. The molecule has 1 saturated carbocycles. The van der Waals surface area contributed by atoms with Gasteiger partial charge in [0.1, 0.15) is 0 Å². The van der Waals surface area contributed by atoms with Crippen molar-refractivity contribution in [1.29, 1.82) is 5.26 Å². The molecule has 3 nitrogen and oxygen atoms in total. The Morgan fingerprint density at radius 2 is 2.00 bits per heavy atom. The molecule has 0 spiro atoms. The predicted octanol–water partition coefficient (Wildman–Crippen LogP) is 3.44. The average molecular weight is 298 g/mol. The van der Waals surface area contributed by atoms with Crippen LogP contribution in [0.2, 0.25) is 5.02 Å². The van der Waals surface area contributed by atoms with Gasteiger partial charge in [0, 0.05) is 0 Å². The molecule has 19 heavy (non-hydrogen) atoms. The molecule has 5 heteroatoms. The van der Waals surface area contributed by atoms with Crippen molar-refractivity contribution in [3.8, 4) is 6.07 Å². The average Bonchev–Trinajstić information content (AvgIpc) is 2.39. The van der Waals surface area contributed by atoms with Gasteiger partial charge in [-0.1, -0.05) is 30.7 Å². The van der Waals surface area contributed by atoms with Crippen molar-refractivity contribution >= 4 is 21.4 Å². The monoisotopic (exact) mass is 297 g/mol. The van der Waals surface area contributed by atoms with Crippen LogP contribution in [-0.4, -0.2) is 13.7 Å². The van der Waals surface area contributed by atoms with Gasteiger partial charge in [-0.25, -0.2) is 8.42 Å². The lowest BCUT2D eigenvalue weighted by molar-refractivity contribution is 0.335. The van der Waals surface area contributed by atoms with Crippen molar-refractivity contribution < 1.29 is 8.42 Å².